The molecule has 48 heavy (non-hydrogen) atoms. The summed E-state index contributed by atoms with van der Waals surface area (Å²) in [6.07, 6.45) is -5.31. The van der Waals surface area contributed by atoms with Crippen LogP contribution in [-0.4, -0.2) is 41.2 Å². The van der Waals surface area contributed by atoms with Crippen molar-refractivity contribution in [2.24, 2.45) is 0 Å². The molecule has 0 aliphatic heterocycles. The smallest absolute Gasteiger partial charge is 0.419 e. The number of ether oxygens (including phenoxy) is 3. The van der Waals surface area contributed by atoms with Crippen LogP contribution in [0.3, 0.4) is 0 Å². The predicted molar refractivity (Wildman–Crippen MR) is 172 cm³/mol. The standard InChI is InChI=1S/C36H33F4N3O5/c1-5-48-26-14-12-25(13-15-26)43-34(41-30-9-7-6-8-27(30)35(43)45)22(2)42(21-24-11-17-31(46-3)32(19-24)47-4)33(44)20-23-10-16-28(29(37)18-23)36(38,39)40/h6-19,22H,5,20-21H2,1-4H3. The Morgan fingerprint density at radius 1 is 0.917 bits per heavy atom. The van der Waals surface area contributed by atoms with Crippen molar-refractivity contribution in [1.29, 1.82) is 0 Å². The molecule has 0 saturated heterocycles. The van der Waals surface area contributed by atoms with E-state index in [0.717, 1.165) is 6.07 Å². The molecule has 0 N–H and O–H groups in total. The first-order chi connectivity index (χ1) is 22.9. The third-order valence-electron chi connectivity index (χ3n) is 7.86. The van der Waals surface area contributed by atoms with Gasteiger partial charge in [0.25, 0.3) is 5.56 Å². The number of methoxy groups -OCH3 is 2. The Balaban J connectivity index is 1.63. The van der Waals surface area contributed by atoms with Crippen molar-refractivity contribution in [2.45, 2.75) is 39.0 Å². The fourth-order valence-electron chi connectivity index (χ4n) is 5.47. The Kier molecular flexibility index (Phi) is 10.0. The molecule has 0 aliphatic carbocycles. The Morgan fingerprint density at radius 2 is 1.60 bits per heavy atom. The molecule has 12 heteroatoms. The number of carbonyl (C=O) groups excluding carboxylic acids is 1. The largest absolute Gasteiger partial charge is 0.494 e. The minimum Gasteiger partial charge on any atom is -0.494 e. The number of carbonyl (C=O) groups is 1. The second kappa shape index (κ2) is 14.2. The van der Waals surface area contributed by atoms with E-state index < -0.39 is 35.9 Å². The number of para-hydroxylation sites is 1. The zero-order valence-corrected chi connectivity index (χ0v) is 26.7. The molecule has 1 aromatic heterocycles. The summed E-state index contributed by atoms with van der Waals surface area (Å²) in [7, 11) is 2.96. The average molecular weight is 664 g/mol. The van der Waals surface area contributed by atoms with Crippen LogP contribution in [0.2, 0.25) is 0 Å². The second-order valence-corrected chi connectivity index (χ2v) is 10.9. The molecule has 4 aromatic carbocycles. The van der Waals surface area contributed by atoms with Crippen molar-refractivity contribution in [3.63, 3.8) is 0 Å². The molecule has 1 atom stereocenters. The zero-order chi connectivity index (χ0) is 34.6. The van der Waals surface area contributed by atoms with Gasteiger partial charge in [0.05, 0.1) is 55.4 Å². The Morgan fingerprint density at radius 3 is 2.25 bits per heavy atom. The third kappa shape index (κ3) is 7.12. The second-order valence-electron chi connectivity index (χ2n) is 10.9. The molecule has 250 valence electrons. The van der Waals surface area contributed by atoms with E-state index in [2.05, 4.69) is 0 Å². The minimum atomic E-state index is -4.88. The molecule has 5 aromatic rings. The first-order valence-corrected chi connectivity index (χ1v) is 15.1. The fraction of sp³-hybridized carbons (Fsp3) is 0.250. The first-order valence-electron chi connectivity index (χ1n) is 15.1. The van der Waals surface area contributed by atoms with Gasteiger partial charge in [-0.15, -0.1) is 0 Å². The highest BCUT2D eigenvalue weighted by Gasteiger charge is 2.34. The number of rotatable bonds is 11. The van der Waals surface area contributed by atoms with E-state index >= 15 is 0 Å². The number of nitrogens with zero attached hydrogens (tertiary/aromatic N) is 3. The SMILES string of the molecule is CCOc1ccc(-n2c(C(C)N(Cc3ccc(OC)c(OC)c3)C(=O)Cc3ccc(C(F)(F)F)c(F)c3)nc3ccccc3c2=O)cc1. The van der Waals surface area contributed by atoms with Crippen LogP contribution in [0.5, 0.6) is 17.2 Å². The van der Waals surface area contributed by atoms with Gasteiger partial charge in [-0.2, -0.15) is 13.2 Å². The number of aromatic nitrogens is 2. The number of amides is 1. The van der Waals surface area contributed by atoms with Crippen molar-refractivity contribution >= 4 is 16.8 Å². The van der Waals surface area contributed by atoms with Gasteiger partial charge in [0.1, 0.15) is 17.4 Å². The maximum absolute atomic E-state index is 14.5. The lowest BCUT2D eigenvalue weighted by atomic mass is 10.1. The average Bonchev–Trinajstić information content (AvgIpc) is 3.06. The Labute approximate surface area is 274 Å². The number of benzene rings is 4. The van der Waals surface area contributed by atoms with E-state index in [1.54, 1.807) is 73.7 Å². The van der Waals surface area contributed by atoms with Crippen LogP contribution >= 0.6 is 0 Å². The van der Waals surface area contributed by atoms with E-state index in [-0.39, 0.29) is 23.5 Å². The molecular weight excluding hydrogens is 630 g/mol. The summed E-state index contributed by atoms with van der Waals surface area (Å²) in [5.41, 5.74) is -0.224. The van der Waals surface area contributed by atoms with Crippen LogP contribution in [-0.2, 0) is 23.9 Å². The van der Waals surface area contributed by atoms with Gasteiger partial charge in [-0.25, -0.2) is 9.37 Å². The highest BCUT2D eigenvalue weighted by atomic mass is 19.4. The number of hydrogen-bond donors (Lipinski definition) is 0. The number of alkyl halides is 3. The lowest BCUT2D eigenvalue weighted by Crippen LogP contribution is -2.38. The summed E-state index contributed by atoms with van der Waals surface area (Å²) >= 11 is 0. The van der Waals surface area contributed by atoms with Crippen LogP contribution in [0.1, 0.15) is 42.4 Å². The molecule has 0 fully saturated rings. The van der Waals surface area contributed by atoms with Gasteiger partial charge < -0.3 is 19.1 Å². The van der Waals surface area contributed by atoms with E-state index in [1.807, 2.05) is 6.92 Å². The van der Waals surface area contributed by atoms with Crippen LogP contribution in [0.4, 0.5) is 17.6 Å². The molecular formula is C36H33F4N3O5. The number of fused-ring (bicyclic) bond motifs is 1. The zero-order valence-electron chi connectivity index (χ0n) is 26.7. The molecule has 0 bridgehead atoms. The van der Waals surface area contributed by atoms with Gasteiger partial charge in [-0.1, -0.05) is 24.3 Å². The summed E-state index contributed by atoms with van der Waals surface area (Å²) < 4.78 is 72.0. The van der Waals surface area contributed by atoms with Crippen LogP contribution < -0.4 is 19.8 Å². The summed E-state index contributed by atoms with van der Waals surface area (Å²) in [4.78, 5) is 34.4. The summed E-state index contributed by atoms with van der Waals surface area (Å²) in [6, 6.07) is 20.4. The lowest BCUT2D eigenvalue weighted by molar-refractivity contribution is -0.140. The van der Waals surface area contributed by atoms with Crippen molar-refractivity contribution in [3.8, 4) is 22.9 Å². The van der Waals surface area contributed by atoms with E-state index in [0.29, 0.717) is 58.1 Å². The maximum atomic E-state index is 14.5. The molecule has 0 aliphatic rings. The molecule has 1 heterocycles. The molecule has 0 saturated carbocycles. The van der Waals surface area contributed by atoms with Gasteiger partial charge in [-0.05, 0) is 85.6 Å². The number of halogens is 4. The normalized spacial score (nSPS) is 12.1. The van der Waals surface area contributed by atoms with Crippen molar-refractivity contribution in [2.75, 3.05) is 20.8 Å². The molecule has 0 radical (unpaired) electrons. The van der Waals surface area contributed by atoms with Crippen LogP contribution in [0.25, 0.3) is 16.6 Å². The molecule has 0 spiro atoms. The molecule has 5 rings (SSSR count). The third-order valence-corrected chi connectivity index (χ3v) is 7.86. The van der Waals surface area contributed by atoms with Crippen LogP contribution in [0.15, 0.2) is 89.7 Å². The van der Waals surface area contributed by atoms with E-state index in [1.165, 1.54) is 23.7 Å². The van der Waals surface area contributed by atoms with Gasteiger partial charge in [0, 0.05) is 6.54 Å². The highest BCUT2D eigenvalue weighted by Crippen LogP contribution is 2.33. The Hall–Kier alpha value is -5.39. The van der Waals surface area contributed by atoms with Gasteiger partial charge >= 0.3 is 6.18 Å². The Bertz CT molecular complexity index is 1990. The maximum Gasteiger partial charge on any atom is 0.419 e. The molecule has 1 amide bonds. The summed E-state index contributed by atoms with van der Waals surface area (Å²) in [5.74, 6) is -0.310. The van der Waals surface area contributed by atoms with Crippen molar-refractivity contribution in [3.05, 3.63) is 124 Å². The molecule has 8 nitrogen and oxygen atoms in total. The minimum absolute atomic E-state index is 0.0184. The fourth-order valence-corrected chi connectivity index (χ4v) is 5.47. The monoisotopic (exact) mass is 663 g/mol. The van der Waals surface area contributed by atoms with Crippen LogP contribution in [0, 0.1) is 5.82 Å². The predicted octanol–water partition coefficient (Wildman–Crippen LogP) is 7.29. The lowest BCUT2D eigenvalue weighted by Gasteiger charge is -2.31. The quantitative estimate of drug-likeness (QED) is 0.138. The van der Waals surface area contributed by atoms with Gasteiger partial charge in [0.2, 0.25) is 5.91 Å². The summed E-state index contributed by atoms with van der Waals surface area (Å²) in [5, 5.41) is 0.361. The number of hydrogen-bond acceptors (Lipinski definition) is 6. The first kappa shape index (κ1) is 34.0. The summed E-state index contributed by atoms with van der Waals surface area (Å²) in [6.45, 7) is 3.99. The van der Waals surface area contributed by atoms with Gasteiger partial charge in [0.15, 0.2) is 11.5 Å². The van der Waals surface area contributed by atoms with E-state index in [9.17, 15) is 27.2 Å². The van der Waals surface area contributed by atoms with Crippen molar-refractivity contribution in [1.82, 2.24) is 14.5 Å². The highest BCUT2D eigenvalue weighted by molar-refractivity contribution is 5.80. The van der Waals surface area contributed by atoms with Gasteiger partial charge in [-0.3, -0.25) is 14.2 Å². The van der Waals surface area contributed by atoms with Crippen molar-refractivity contribution < 1.29 is 36.6 Å². The topological polar surface area (TPSA) is 82.9 Å². The molecule has 1 unspecified atom stereocenters. The van der Waals surface area contributed by atoms with E-state index in [4.69, 9.17) is 19.2 Å².